The molecular formula is C19H10Cl4N4. The minimum Gasteiger partial charge on any atom is -0.281 e. The highest BCUT2D eigenvalue weighted by Gasteiger charge is 2.18. The van der Waals surface area contributed by atoms with Crippen molar-refractivity contribution in [1.29, 1.82) is 0 Å². The molecule has 0 radical (unpaired) electrons. The smallest absolute Gasteiger partial charge is 0.165 e. The van der Waals surface area contributed by atoms with Gasteiger partial charge in [-0.2, -0.15) is 0 Å². The van der Waals surface area contributed by atoms with Crippen LogP contribution in [0.15, 0.2) is 60.0 Å². The zero-order chi connectivity index (χ0) is 19.0. The average molecular weight is 436 g/mol. The highest BCUT2D eigenvalue weighted by atomic mass is 35.5. The van der Waals surface area contributed by atoms with Crippen LogP contribution in [0.4, 0.5) is 5.82 Å². The zero-order valence-corrected chi connectivity index (χ0v) is 16.6. The number of rotatable bonds is 3. The van der Waals surface area contributed by atoms with Crippen molar-refractivity contribution in [2.75, 3.05) is 0 Å². The molecule has 0 atom stereocenters. The van der Waals surface area contributed by atoms with Crippen LogP contribution in [-0.2, 0) is 0 Å². The van der Waals surface area contributed by atoms with Crippen molar-refractivity contribution >= 4 is 64.1 Å². The fraction of sp³-hybridized carbons (Fsp3) is 0. The van der Waals surface area contributed by atoms with Gasteiger partial charge < -0.3 is 0 Å². The van der Waals surface area contributed by atoms with E-state index in [0.29, 0.717) is 48.4 Å². The summed E-state index contributed by atoms with van der Waals surface area (Å²) < 4.78 is 1.79. The van der Waals surface area contributed by atoms with E-state index in [2.05, 4.69) is 15.0 Å². The van der Waals surface area contributed by atoms with Crippen LogP contribution in [0, 0.1) is 0 Å². The summed E-state index contributed by atoms with van der Waals surface area (Å²) >= 11 is 25.3. The lowest BCUT2D eigenvalue weighted by atomic mass is 10.1. The first kappa shape index (κ1) is 18.3. The largest absolute Gasteiger partial charge is 0.281 e. The van der Waals surface area contributed by atoms with Crippen LogP contribution in [0.5, 0.6) is 0 Å². The number of halogens is 4. The molecule has 0 spiro atoms. The van der Waals surface area contributed by atoms with Gasteiger partial charge in [0.25, 0.3) is 0 Å². The van der Waals surface area contributed by atoms with Crippen molar-refractivity contribution in [2.45, 2.75) is 0 Å². The molecule has 0 fully saturated rings. The van der Waals surface area contributed by atoms with E-state index in [4.69, 9.17) is 46.4 Å². The van der Waals surface area contributed by atoms with E-state index in [1.54, 1.807) is 65.6 Å². The second-order valence-electron chi connectivity index (χ2n) is 5.58. The van der Waals surface area contributed by atoms with Crippen LogP contribution >= 0.6 is 46.4 Å². The molecule has 2 aromatic carbocycles. The first-order valence-electron chi connectivity index (χ1n) is 7.81. The molecule has 4 rings (SSSR count). The minimum absolute atomic E-state index is 0.478. The van der Waals surface area contributed by atoms with Crippen LogP contribution in [0.25, 0.3) is 16.9 Å². The Bertz CT molecular complexity index is 1140. The van der Waals surface area contributed by atoms with Crippen molar-refractivity contribution in [3.05, 3.63) is 80.6 Å². The molecular weight excluding hydrogens is 426 g/mol. The first-order valence-corrected chi connectivity index (χ1v) is 9.32. The molecule has 0 aliphatic carbocycles. The summed E-state index contributed by atoms with van der Waals surface area (Å²) in [5, 5.41) is 1.95. The van der Waals surface area contributed by atoms with Crippen LogP contribution in [0.2, 0.25) is 20.1 Å². The molecule has 0 bridgehead atoms. The molecule has 0 amide bonds. The Morgan fingerprint density at radius 1 is 0.889 bits per heavy atom. The summed E-state index contributed by atoms with van der Waals surface area (Å²) in [6.45, 7) is 0. The summed E-state index contributed by atoms with van der Waals surface area (Å²) in [5.41, 5.74) is 2.36. The summed E-state index contributed by atoms with van der Waals surface area (Å²) in [7, 11) is 0. The molecule has 0 saturated heterocycles. The van der Waals surface area contributed by atoms with Crippen LogP contribution in [-0.4, -0.2) is 20.6 Å². The Labute approximate surface area is 175 Å². The molecule has 0 unspecified atom stereocenters. The summed E-state index contributed by atoms with van der Waals surface area (Å²) in [5.74, 6) is 0.540. The molecule has 8 heteroatoms. The summed E-state index contributed by atoms with van der Waals surface area (Å²) in [6, 6.07) is 10.6. The van der Waals surface area contributed by atoms with Crippen molar-refractivity contribution < 1.29 is 0 Å². The number of imidazole rings is 1. The molecule has 4 nitrogen and oxygen atoms in total. The van der Waals surface area contributed by atoms with E-state index in [0.717, 1.165) is 0 Å². The zero-order valence-electron chi connectivity index (χ0n) is 13.6. The molecule has 0 aliphatic heterocycles. The van der Waals surface area contributed by atoms with Crippen molar-refractivity contribution in [3.63, 3.8) is 0 Å². The van der Waals surface area contributed by atoms with Gasteiger partial charge in [0, 0.05) is 29.7 Å². The van der Waals surface area contributed by atoms with E-state index in [1.807, 2.05) is 0 Å². The van der Waals surface area contributed by atoms with Crippen molar-refractivity contribution in [1.82, 2.24) is 14.4 Å². The lowest BCUT2D eigenvalue weighted by molar-refractivity contribution is 1.12. The third-order valence-corrected chi connectivity index (χ3v) is 5.21. The molecule has 2 heterocycles. The van der Waals surface area contributed by atoms with Gasteiger partial charge in [-0.25, -0.2) is 9.98 Å². The Hall–Kier alpha value is -2.11. The van der Waals surface area contributed by atoms with E-state index in [9.17, 15) is 0 Å². The number of benzene rings is 2. The predicted octanol–water partition coefficient (Wildman–Crippen LogP) is 6.76. The Morgan fingerprint density at radius 3 is 2.19 bits per heavy atom. The van der Waals surface area contributed by atoms with Crippen molar-refractivity contribution in [3.8, 4) is 11.3 Å². The SMILES string of the molecule is Clc1cccc(Cl)c1/C=N/c1c(-c2c(Cl)cccc2Cl)nc2cnccn12. The number of nitrogens with zero attached hydrogens (tertiary/aromatic N) is 4. The van der Waals surface area contributed by atoms with Gasteiger partial charge in [-0.1, -0.05) is 58.5 Å². The standard InChI is InChI=1S/C19H10Cl4N4/c20-12-3-1-4-13(21)11(12)9-25-19-18(17-14(22)5-2-6-15(17)23)26-16-10-24-7-8-27(16)19/h1-10H/b25-9+. The Morgan fingerprint density at radius 2 is 1.52 bits per heavy atom. The normalized spacial score (nSPS) is 11.6. The first-order chi connectivity index (χ1) is 13.1. The number of hydrogen-bond donors (Lipinski definition) is 0. The average Bonchev–Trinajstić information content (AvgIpc) is 2.99. The second-order valence-corrected chi connectivity index (χ2v) is 7.21. The monoisotopic (exact) mass is 434 g/mol. The van der Waals surface area contributed by atoms with Gasteiger partial charge in [-0.15, -0.1) is 0 Å². The van der Waals surface area contributed by atoms with Gasteiger partial charge >= 0.3 is 0 Å². The molecule has 27 heavy (non-hydrogen) atoms. The van der Waals surface area contributed by atoms with Gasteiger partial charge in [0.05, 0.1) is 26.3 Å². The van der Waals surface area contributed by atoms with Gasteiger partial charge in [0.15, 0.2) is 11.5 Å². The fourth-order valence-electron chi connectivity index (χ4n) is 2.67. The van der Waals surface area contributed by atoms with Gasteiger partial charge in [0.1, 0.15) is 5.69 Å². The lowest BCUT2D eigenvalue weighted by Crippen LogP contribution is -1.88. The Kier molecular flexibility index (Phi) is 5.06. The lowest BCUT2D eigenvalue weighted by Gasteiger charge is -2.06. The quantitative estimate of drug-likeness (QED) is 0.333. The van der Waals surface area contributed by atoms with Crippen LogP contribution in [0.3, 0.4) is 0 Å². The van der Waals surface area contributed by atoms with Crippen LogP contribution < -0.4 is 0 Å². The van der Waals surface area contributed by atoms with E-state index in [1.165, 1.54) is 0 Å². The fourth-order valence-corrected chi connectivity index (χ4v) is 3.74. The van der Waals surface area contributed by atoms with E-state index < -0.39 is 0 Å². The van der Waals surface area contributed by atoms with E-state index >= 15 is 0 Å². The maximum absolute atomic E-state index is 6.39. The van der Waals surface area contributed by atoms with Gasteiger partial charge in [-0.3, -0.25) is 9.38 Å². The molecule has 134 valence electrons. The van der Waals surface area contributed by atoms with Crippen LogP contribution in [0.1, 0.15) is 5.56 Å². The van der Waals surface area contributed by atoms with E-state index in [-0.39, 0.29) is 0 Å². The Balaban J connectivity index is 1.96. The third kappa shape index (κ3) is 3.42. The van der Waals surface area contributed by atoms with Gasteiger partial charge in [-0.05, 0) is 24.3 Å². The number of fused-ring (bicyclic) bond motifs is 1. The maximum atomic E-state index is 6.39. The van der Waals surface area contributed by atoms with Crippen molar-refractivity contribution in [2.24, 2.45) is 4.99 Å². The molecule has 0 aliphatic rings. The molecule has 2 aromatic heterocycles. The predicted molar refractivity (Wildman–Crippen MR) is 112 cm³/mol. The molecule has 4 aromatic rings. The maximum Gasteiger partial charge on any atom is 0.165 e. The summed E-state index contributed by atoms with van der Waals surface area (Å²) in [4.78, 5) is 13.3. The molecule has 0 N–H and O–H groups in total. The minimum atomic E-state index is 0.478. The topological polar surface area (TPSA) is 42.5 Å². The number of aliphatic imine (C=N–C) groups is 1. The number of hydrogen-bond acceptors (Lipinski definition) is 3. The number of aromatic nitrogens is 3. The van der Waals surface area contributed by atoms with Gasteiger partial charge in [0.2, 0.25) is 0 Å². The highest BCUT2D eigenvalue weighted by molar-refractivity contribution is 6.39. The second kappa shape index (κ2) is 7.49. The highest BCUT2D eigenvalue weighted by Crippen LogP contribution is 2.39. The summed E-state index contributed by atoms with van der Waals surface area (Å²) in [6.07, 6.45) is 6.64. The third-order valence-electron chi connectivity index (χ3n) is 3.92. The molecule has 0 saturated carbocycles.